The molecule has 1 aromatic rings. The van der Waals surface area contributed by atoms with E-state index in [1.165, 1.54) is 12.1 Å². The molecule has 0 unspecified atom stereocenters. The largest absolute Gasteiger partial charge is 0.361 e. The van der Waals surface area contributed by atoms with Crippen LogP contribution < -0.4 is 10.6 Å². The van der Waals surface area contributed by atoms with E-state index in [1.807, 2.05) is 0 Å². The van der Waals surface area contributed by atoms with Crippen molar-refractivity contribution in [3.63, 3.8) is 0 Å². The maximum atomic E-state index is 11.1. The van der Waals surface area contributed by atoms with Gasteiger partial charge >= 0.3 is 0 Å². The number of amides is 1. The van der Waals surface area contributed by atoms with Gasteiger partial charge in [-0.3, -0.25) is 14.9 Å². The molecule has 0 radical (unpaired) electrons. The molecule has 0 spiro atoms. The average molecular weight is 234 g/mol. The smallest absolute Gasteiger partial charge is 0.287 e. The number of carbonyl (C=O) groups is 1. The standard InChI is InChI=1S/C10H10N4O3/c1-2-5-11-10(15)7-13-9-4-3-8(6-12-9)14(16)17/h1,3-4,6H,5,7H2,(H,11,15)(H,12,13). The predicted molar refractivity (Wildman–Crippen MR) is 61.2 cm³/mol. The minimum Gasteiger partial charge on any atom is -0.361 e. The van der Waals surface area contributed by atoms with Crippen molar-refractivity contribution in [2.75, 3.05) is 18.4 Å². The first-order valence-electron chi connectivity index (χ1n) is 4.68. The van der Waals surface area contributed by atoms with Gasteiger partial charge in [-0.25, -0.2) is 4.98 Å². The second kappa shape index (κ2) is 6.07. The summed E-state index contributed by atoms with van der Waals surface area (Å²) in [7, 11) is 0. The molecule has 0 atom stereocenters. The zero-order valence-electron chi connectivity index (χ0n) is 8.84. The van der Waals surface area contributed by atoms with Crippen LogP contribution in [0.4, 0.5) is 11.5 Å². The van der Waals surface area contributed by atoms with Crippen molar-refractivity contribution in [2.24, 2.45) is 0 Å². The Hall–Kier alpha value is -2.62. The Morgan fingerprint density at radius 1 is 1.59 bits per heavy atom. The van der Waals surface area contributed by atoms with Crippen molar-refractivity contribution in [1.82, 2.24) is 10.3 Å². The van der Waals surface area contributed by atoms with E-state index in [2.05, 4.69) is 21.5 Å². The van der Waals surface area contributed by atoms with Crippen LogP contribution in [0.3, 0.4) is 0 Å². The molecule has 0 fully saturated rings. The Morgan fingerprint density at radius 3 is 2.88 bits per heavy atom. The maximum absolute atomic E-state index is 11.1. The first kappa shape index (κ1) is 12.4. The number of nitrogens with zero attached hydrogens (tertiary/aromatic N) is 2. The predicted octanol–water partition coefficient (Wildman–Crippen LogP) is 0.151. The summed E-state index contributed by atoms with van der Waals surface area (Å²) < 4.78 is 0. The van der Waals surface area contributed by atoms with Crippen LogP contribution in [-0.4, -0.2) is 28.9 Å². The van der Waals surface area contributed by atoms with Gasteiger partial charge in [0.2, 0.25) is 5.91 Å². The van der Waals surface area contributed by atoms with Crippen LogP contribution in [-0.2, 0) is 4.79 Å². The number of pyridine rings is 1. The quantitative estimate of drug-likeness (QED) is 0.429. The molecule has 1 amide bonds. The third-order valence-electron chi connectivity index (χ3n) is 1.78. The molecule has 2 N–H and O–H groups in total. The van der Waals surface area contributed by atoms with Crippen molar-refractivity contribution in [1.29, 1.82) is 0 Å². The van der Waals surface area contributed by atoms with Crippen molar-refractivity contribution in [2.45, 2.75) is 0 Å². The summed E-state index contributed by atoms with van der Waals surface area (Å²) in [6.07, 6.45) is 6.08. The van der Waals surface area contributed by atoms with Gasteiger partial charge in [-0.1, -0.05) is 5.92 Å². The topological polar surface area (TPSA) is 97.2 Å². The van der Waals surface area contributed by atoms with Crippen molar-refractivity contribution in [3.8, 4) is 12.3 Å². The van der Waals surface area contributed by atoms with Gasteiger partial charge in [0.15, 0.2) is 0 Å². The molecule has 0 saturated heterocycles. The third kappa shape index (κ3) is 4.17. The molecule has 0 aromatic carbocycles. The summed E-state index contributed by atoms with van der Waals surface area (Å²) in [5.74, 6) is 2.37. The number of rotatable bonds is 5. The molecule has 1 rings (SSSR count). The van der Waals surface area contributed by atoms with Gasteiger partial charge in [0.25, 0.3) is 5.69 Å². The second-order valence-electron chi connectivity index (χ2n) is 2.99. The van der Waals surface area contributed by atoms with E-state index >= 15 is 0 Å². The number of hydrogen-bond donors (Lipinski definition) is 2. The summed E-state index contributed by atoms with van der Waals surface area (Å²) in [5, 5.41) is 15.5. The maximum Gasteiger partial charge on any atom is 0.287 e. The second-order valence-corrected chi connectivity index (χ2v) is 2.99. The first-order chi connectivity index (χ1) is 8.13. The monoisotopic (exact) mass is 234 g/mol. The Morgan fingerprint density at radius 2 is 2.35 bits per heavy atom. The molecule has 7 heteroatoms. The lowest BCUT2D eigenvalue weighted by molar-refractivity contribution is -0.385. The molecule has 7 nitrogen and oxygen atoms in total. The minimum atomic E-state index is -0.545. The zero-order chi connectivity index (χ0) is 12.7. The number of aromatic nitrogens is 1. The van der Waals surface area contributed by atoms with Gasteiger partial charge in [0, 0.05) is 6.07 Å². The highest BCUT2D eigenvalue weighted by molar-refractivity contribution is 5.80. The molecule has 0 aliphatic heterocycles. The van der Waals surface area contributed by atoms with Crippen LogP contribution in [0.5, 0.6) is 0 Å². The van der Waals surface area contributed by atoms with Crippen LogP contribution in [0.25, 0.3) is 0 Å². The average Bonchev–Trinajstić information content (AvgIpc) is 2.34. The summed E-state index contributed by atoms with van der Waals surface area (Å²) >= 11 is 0. The van der Waals surface area contributed by atoms with Crippen LogP contribution in [0.15, 0.2) is 18.3 Å². The normalized spacial score (nSPS) is 9.12. The Balaban J connectivity index is 2.45. The lowest BCUT2D eigenvalue weighted by Crippen LogP contribution is -2.30. The fourth-order valence-corrected chi connectivity index (χ4v) is 0.982. The van der Waals surface area contributed by atoms with Gasteiger partial charge in [0.1, 0.15) is 12.0 Å². The number of anilines is 1. The fourth-order valence-electron chi connectivity index (χ4n) is 0.982. The molecule has 0 bridgehead atoms. The Labute approximate surface area is 97.4 Å². The molecule has 88 valence electrons. The molecule has 17 heavy (non-hydrogen) atoms. The lowest BCUT2D eigenvalue weighted by atomic mass is 10.4. The number of nitro groups is 1. The highest BCUT2D eigenvalue weighted by atomic mass is 16.6. The SMILES string of the molecule is C#CCNC(=O)CNc1ccc([N+](=O)[O-])cn1. The van der Waals surface area contributed by atoms with Crippen molar-refractivity contribution in [3.05, 3.63) is 28.4 Å². The van der Waals surface area contributed by atoms with Crippen LogP contribution in [0.2, 0.25) is 0 Å². The summed E-state index contributed by atoms with van der Waals surface area (Å²) in [5.41, 5.74) is -0.104. The molecule has 1 aromatic heterocycles. The van der Waals surface area contributed by atoms with E-state index in [4.69, 9.17) is 6.42 Å². The van der Waals surface area contributed by atoms with E-state index in [9.17, 15) is 14.9 Å². The van der Waals surface area contributed by atoms with Crippen molar-refractivity contribution < 1.29 is 9.72 Å². The van der Waals surface area contributed by atoms with Crippen LogP contribution in [0, 0.1) is 22.5 Å². The summed E-state index contributed by atoms with van der Waals surface area (Å²) in [6, 6.07) is 2.72. The Kier molecular flexibility index (Phi) is 4.45. The number of nitrogens with one attached hydrogen (secondary N) is 2. The van der Waals surface area contributed by atoms with E-state index in [0.29, 0.717) is 5.82 Å². The first-order valence-corrected chi connectivity index (χ1v) is 4.68. The molecule has 1 heterocycles. The fraction of sp³-hybridized carbons (Fsp3) is 0.200. The zero-order valence-corrected chi connectivity index (χ0v) is 8.84. The van der Waals surface area contributed by atoms with Gasteiger partial charge in [-0.15, -0.1) is 6.42 Å². The summed E-state index contributed by atoms with van der Waals surface area (Å²) in [6.45, 7) is 0.167. The van der Waals surface area contributed by atoms with E-state index in [1.54, 1.807) is 0 Å². The highest BCUT2D eigenvalue weighted by Crippen LogP contribution is 2.11. The molecular weight excluding hydrogens is 224 g/mol. The van der Waals surface area contributed by atoms with Gasteiger partial charge in [0.05, 0.1) is 18.0 Å². The number of hydrogen-bond acceptors (Lipinski definition) is 5. The highest BCUT2D eigenvalue weighted by Gasteiger charge is 2.05. The number of terminal acetylenes is 1. The molecule has 0 aliphatic carbocycles. The lowest BCUT2D eigenvalue weighted by Gasteiger charge is -2.04. The van der Waals surface area contributed by atoms with Gasteiger partial charge < -0.3 is 10.6 Å². The third-order valence-corrected chi connectivity index (χ3v) is 1.78. The molecule has 0 saturated carbocycles. The molecule has 0 aliphatic rings. The molecular formula is C10H10N4O3. The Bertz CT molecular complexity index is 450. The summed E-state index contributed by atoms with van der Waals surface area (Å²) in [4.78, 5) is 24.7. The van der Waals surface area contributed by atoms with Gasteiger partial charge in [-0.2, -0.15) is 0 Å². The number of carbonyl (C=O) groups excluding carboxylic acids is 1. The van der Waals surface area contributed by atoms with E-state index in [0.717, 1.165) is 6.20 Å². The van der Waals surface area contributed by atoms with Crippen LogP contribution in [0.1, 0.15) is 0 Å². The van der Waals surface area contributed by atoms with E-state index in [-0.39, 0.29) is 24.7 Å². The van der Waals surface area contributed by atoms with Crippen LogP contribution >= 0.6 is 0 Å². The van der Waals surface area contributed by atoms with Gasteiger partial charge in [-0.05, 0) is 6.07 Å². The minimum absolute atomic E-state index is 0.00644. The van der Waals surface area contributed by atoms with Crippen molar-refractivity contribution >= 4 is 17.4 Å². The van der Waals surface area contributed by atoms with E-state index < -0.39 is 4.92 Å².